The summed E-state index contributed by atoms with van der Waals surface area (Å²) in [5, 5.41) is 0. The van der Waals surface area contributed by atoms with E-state index in [2.05, 4.69) is 37.8 Å². The summed E-state index contributed by atoms with van der Waals surface area (Å²) in [6, 6.07) is 11.7. The molecule has 162 valence electrons. The van der Waals surface area contributed by atoms with Crippen molar-refractivity contribution in [2.45, 2.75) is 77.4 Å². The van der Waals surface area contributed by atoms with E-state index in [-0.39, 0.29) is 5.82 Å². The standard InChI is InChI=1S/C27H35F2N/c1-4-20-14-23-15-24(19(3)25(23)16-21(20)5-2)17-27(29)10-12-30(13-11-27)18-22-8-6-7-9-26(22)28/h6-9,14,16,19,24H,4-5,10-13,15,17-18H2,1-3H3. The minimum Gasteiger partial charge on any atom is -0.299 e. The van der Waals surface area contributed by atoms with Crippen LogP contribution in [0.15, 0.2) is 36.4 Å². The maximum absolute atomic E-state index is 15.8. The molecule has 1 aliphatic carbocycles. The monoisotopic (exact) mass is 411 g/mol. The van der Waals surface area contributed by atoms with E-state index in [1.54, 1.807) is 6.07 Å². The van der Waals surface area contributed by atoms with Crippen molar-refractivity contribution in [3.05, 3.63) is 70.0 Å². The van der Waals surface area contributed by atoms with Gasteiger partial charge in [0.15, 0.2) is 0 Å². The third-order valence-corrected chi connectivity index (χ3v) is 7.63. The normalized spacial score (nSPS) is 23.5. The lowest BCUT2D eigenvalue weighted by atomic mass is 9.80. The lowest BCUT2D eigenvalue weighted by Gasteiger charge is -2.38. The number of benzene rings is 2. The Morgan fingerprint density at radius 3 is 2.33 bits per heavy atom. The van der Waals surface area contributed by atoms with Gasteiger partial charge in [-0.05, 0) is 78.7 Å². The van der Waals surface area contributed by atoms with Gasteiger partial charge in [0, 0.05) is 25.2 Å². The number of rotatable bonds is 6. The van der Waals surface area contributed by atoms with Crippen LogP contribution in [0.4, 0.5) is 8.78 Å². The Balaban J connectivity index is 1.38. The summed E-state index contributed by atoms with van der Waals surface area (Å²) >= 11 is 0. The smallest absolute Gasteiger partial charge is 0.127 e. The second-order valence-corrected chi connectivity index (χ2v) is 9.50. The van der Waals surface area contributed by atoms with E-state index in [0.717, 1.165) is 19.3 Å². The van der Waals surface area contributed by atoms with E-state index >= 15 is 4.39 Å². The molecule has 30 heavy (non-hydrogen) atoms. The molecule has 0 saturated carbocycles. The molecule has 4 rings (SSSR count). The Bertz CT molecular complexity index is 882. The highest BCUT2D eigenvalue weighted by Crippen LogP contribution is 2.45. The van der Waals surface area contributed by atoms with Crippen molar-refractivity contribution in [2.24, 2.45) is 5.92 Å². The molecule has 2 aliphatic rings. The van der Waals surface area contributed by atoms with Gasteiger partial charge in [0.25, 0.3) is 0 Å². The summed E-state index contributed by atoms with van der Waals surface area (Å²) in [4.78, 5) is 2.20. The van der Waals surface area contributed by atoms with Gasteiger partial charge in [-0.3, -0.25) is 4.90 Å². The van der Waals surface area contributed by atoms with E-state index in [0.29, 0.717) is 56.3 Å². The molecule has 1 nitrogen and oxygen atoms in total. The molecule has 2 unspecified atom stereocenters. The highest BCUT2D eigenvalue weighted by molar-refractivity contribution is 5.44. The number of alkyl halides is 1. The molecule has 2 aromatic carbocycles. The van der Waals surface area contributed by atoms with Gasteiger partial charge in [0.05, 0.1) is 0 Å². The van der Waals surface area contributed by atoms with Gasteiger partial charge in [-0.1, -0.05) is 51.1 Å². The Morgan fingerprint density at radius 2 is 1.67 bits per heavy atom. The van der Waals surface area contributed by atoms with Gasteiger partial charge in [0.1, 0.15) is 11.5 Å². The van der Waals surface area contributed by atoms with E-state index in [4.69, 9.17) is 0 Å². The third-order valence-electron chi connectivity index (χ3n) is 7.63. The zero-order valence-corrected chi connectivity index (χ0v) is 18.7. The number of hydrogen-bond acceptors (Lipinski definition) is 1. The number of halogens is 2. The van der Waals surface area contributed by atoms with E-state index in [1.165, 1.54) is 28.3 Å². The van der Waals surface area contributed by atoms with Crippen LogP contribution in [0.5, 0.6) is 0 Å². The molecular formula is C27H35F2N. The van der Waals surface area contributed by atoms with Crippen LogP contribution in [0.1, 0.15) is 73.8 Å². The van der Waals surface area contributed by atoms with Gasteiger partial charge >= 0.3 is 0 Å². The molecular weight excluding hydrogens is 376 g/mol. The quantitative estimate of drug-likeness (QED) is 0.516. The summed E-state index contributed by atoms with van der Waals surface area (Å²) in [6.07, 6.45) is 4.92. The number of nitrogens with zero attached hydrogens (tertiary/aromatic N) is 1. The Morgan fingerprint density at radius 1 is 1.00 bits per heavy atom. The van der Waals surface area contributed by atoms with E-state index in [1.807, 2.05) is 12.1 Å². The Kier molecular flexibility index (Phi) is 6.29. The van der Waals surface area contributed by atoms with Crippen molar-refractivity contribution < 1.29 is 8.78 Å². The molecule has 0 spiro atoms. The first-order valence-corrected chi connectivity index (χ1v) is 11.7. The molecule has 1 heterocycles. The van der Waals surface area contributed by atoms with Crippen molar-refractivity contribution in [1.29, 1.82) is 0 Å². The number of piperidine rings is 1. The SMILES string of the molecule is CCc1cc2c(cc1CC)C(C)C(CC1(F)CCN(Cc3ccccc3F)CC1)C2. The lowest BCUT2D eigenvalue weighted by Crippen LogP contribution is -2.42. The number of likely N-dealkylation sites (tertiary alicyclic amines) is 1. The van der Waals surface area contributed by atoms with Gasteiger partial charge < -0.3 is 0 Å². The molecule has 3 heteroatoms. The molecule has 0 bridgehead atoms. The molecule has 2 aromatic rings. The summed E-state index contributed by atoms with van der Waals surface area (Å²) in [7, 11) is 0. The first kappa shape index (κ1) is 21.5. The van der Waals surface area contributed by atoms with Crippen molar-refractivity contribution in [2.75, 3.05) is 13.1 Å². The van der Waals surface area contributed by atoms with Gasteiger partial charge in [-0.2, -0.15) is 0 Å². The minimum atomic E-state index is -1.09. The van der Waals surface area contributed by atoms with Crippen LogP contribution in [0, 0.1) is 11.7 Å². The lowest BCUT2D eigenvalue weighted by molar-refractivity contribution is 0.0320. The molecule has 1 aliphatic heterocycles. The summed E-state index contributed by atoms with van der Waals surface area (Å²) < 4.78 is 29.7. The third kappa shape index (κ3) is 4.32. The first-order valence-electron chi connectivity index (χ1n) is 11.7. The summed E-state index contributed by atoms with van der Waals surface area (Å²) in [5.74, 6) is 0.658. The first-order chi connectivity index (χ1) is 14.4. The van der Waals surface area contributed by atoms with Gasteiger partial charge in [-0.25, -0.2) is 8.78 Å². The molecule has 0 amide bonds. The van der Waals surface area contributed by atoms with Crippen molar-refractivity contribution in [3.63, 3.8) is 0 Å². The van der Waals surface area contributed by atoms with Crippen LogP contribution in [-0.4, -0.2) is 23.7 Å². The largest absolute Gasteiger partial charge is 0.299 e. The summed E-state index contributed by atoms with van der Waals surface area (Å²) in [5.41, 5.74) is 5.44. The van der Waals surface area contributed by atoms with Gasteiger partial charge in [-0.15, -0.1) is 0 Å². The average molecular weight is 412 g/mol. The van der Waals surface area contributed by atoms with Crippen molar-refractivity contribution >= 4 is 0 Å². The molecule has 0 N–H and O–H groups in total. The molecule has 2 atom stereocenters. The van der Waals surface area contributed by atoms with Gasteiger partial charge in [0.2, 0.25) is 0 Å². The van der Waals surface area contributed by atoms with E-state index < -0.39 is 5.67 Å². The second-order valence-electron chi connectivity index (χ2n) is 9.50. The fourth-order valence-corrected chi connectivity index (χ4v) is 5.63. The highest BCUT2D eigenvalue weighted by atomic mass is 19.1. The predicted molar refractivity (Wildman–Crippen MR) is 120 cm³/mol. The number of fused-ring (bicyclic) bond motifs is 1. The summed E-state index contributed by atoms with van der Waals surface area (Å²) in [6.45, 7) is 8.73. The zero-order chi connectivity index (χ0) is 21.3. The topological polar surface area (TPSA) is 3.24 Å². The minimum absolute atomic E-state index is 0.162. The Labute approximate surface area is 180 Å². The van der Waals surface area contributed by atoms with E-state index in [9.17, 15) is 4.39 Å². The maximum atomic E-state index is 15.8. The highest BCUT2D eigenvalue weighted by Gasteiger charge is 2.40. The van der Waals surface area contributed by atoms with Crippen LogP contribution in [0.3, 0.4) is 0 Å². The van der Waals surface area contributed by atoms with Crippen molar-refractivity contribution in [3.8, 4) is 0 Å². The molecule has 0 aromatic heterocycles. The number of hydrogen-bond donors (Lipinski definition) is 0. The van der Waals surface area contributed by atoms with Crippen LogP contribution >= 0.6 is 0 Å². The maximum Gasteiger partial charge on any atom is 0.127 e. The average Bonchev–Trinajstić information content (AvgIpc) is 3.04. The van der Waals surface area contributed by atoms with Crippen LogP contribution < -0.4 is 0 Å². The molecule has 0 radical (unpaired) electrons. The zero-order valence-electron chi connectivity index (χ0n) is 18.7. The van der Waals surface area contributed by atoms with Crippen molar-refractivity contribution in [1.82, 2.24) is 4.90 Å². The predicted octanol–water partition coefficient (Wildman–Crippen LogP) is 6.62. The fourth-order valence-electron chi connectivity index (χ4n) is 5.63. The second kappa shape index (κ2) is 8.78. The number of aryl methyl sites for hydroxylation is 2. The van der Waals surface area contributed by atoms with Crippen LogP contribution in [-0.2, 0) is 25.8 Å². The van der Waals surface area contributed by atoms with Crippen LogP contribution in [0.25, 0.3) is 0 Å². The Hall–Kier alpha value is -1.74. The molecule has 1 fully saturated rings. The van der Waals surface area contributed by atoms with Crippen LogP contribution in [0.2, 0.25) is 0 Å². The molecule has 1 saturated heterocycles. The fraction of sp³-hybridized carbons (Fsp3) is 0.556.